The third-order valence-corrected chi connectivity index (χ3v) is 6.28. The Hall–Kier alpha value is -1.59. The van der Waals surface area contributed by atoms with Crippen molar-refractivity contribution in [3.05, 3.63) is 16.6 Å². The summed E-state index contributed by atoms with van der Waals surface area (Å²) in [6.45, 7) is 7.10. The molecule has 3 N–H and O–H groups in total. The van der Waals surface area contributed by atoms with Crippen molar-refractivity contribution in [3.8, 4) is 0 Å². The number of nitrogens with one attached hydrogen (secondary N) is 1. The van der Waals surface area contributed by atoms with E-state index < -0.39 is 17.2 Å². The van der Waals surface area contributed by atoms with Gasteiger partial charge in [-0.1, -0.05) is 0 Å². The summed E-state index contributed by atoms with van der Waals surface area (Å²) in [7, 11) is 0. The molecule has 2 fully saturated rings. The summed E-state index contributed by atoms with van der Waals surface area (Å²) in [6, 6.07) is 0. The normalized spacial score (nSPS) is 26.4. The Morgan fingerprint density at radius 3 is 2.76 bits per heavy atom. The molecule has 1 aromatic heterocycles. The number of carboxylic acid groups (broad SMARTS) is 1. The van der Waals surface area contributed by atoms with E-state index in [0.717, 1.165) is 37.5 Å². The fourth-order valence-electron chi connectivity index (χ4n) is 3.97. The van der Waals surface area contributed by atoms with E-state index in [4.69, 9.17) is 19.4 Å². The minimum atomic E-state index is -0.740. The number of hydrogen-bond donors (Lipinski definition) is 3. The molecule has 0 aromatic carbocycles. The Bertz CT molecular complexity index is 636. The Morgan fingerprint density at radius 1 is 1.48 bits per heavy atom. The number of hydrogen-bond acceptors (Lipinski definition) is 8. The van der Waals surface area contributed by atoms with Crippen LogP contribution in [0, 0.1) is 0 Å². The Labute approximate surface area is 175 Å². The smallest absolute Gasteiger partial charge is 0.290 e. The van der Waals surface area contributed by atoms with Crippen LogP contribution in [0.15, 0.2) is 11.6 Å². The fraction of sp³-hybridized carbons (Fsp3) is 0.737. The Balaban J connectivity index is 0.000000941. The van der Waals surface area contributed by atoms with E-state index in [1.807, 2.05) is 25.4 Å². The quantitative estimate of drug-likeness (QED) is 0.570. The van der Waals surface area contributed by atoms with E-state index in [1.165, 1.54) is 0 Å². The Kier molecular flexibility index (Phi) is 8.97. The molecule has 164 valence electrons. The van der Waals surface area contributed by atoms with Gasteiger partial charge in [-0.3, -0.25) is 14.5 Å². The van der Waals surface area contributed by atoms with Crippen LogP contribution in [0.4, 0.5) is 0 Å². The molecule has 0 saturated carbocycles. The first-order valence-electron chi connectivity index (χ1n) is 9.78. The molecule has 1 aromatic rings. The molecule has 0 bridgehead atoms. The maximum Gasteiger partial charge on any atom is 0.290 e. The number of aliphatic hydroxyl groups is 1. The highest BCUT2D eigenvalue weighted by Crippen LogP contribution is 2.40. The lowest BCUT2D eigenvalue weighted by molar-refractivity contribution is -0.208. The molecule has 0 aliphatic carbocycles. The highest BCUT2D eigenvalue weighted by Gasteiger charge is 2.53. The molecule has 0 radical (unpaired) electrons. The molecule has 2 aliphatic heterocycles. The second-order valence-electron chi connectivity index (χ2n) is 7.48. The van der Waals surface area contributed by atoms with Crippen molar-refractivity contribution in [1.29, 1.82) is 0 Å². The van der Waals surface area contributed by atoms with Crippen LogP contribution in [0.2, 0.25) is 0 Å². The maximum atomic E-state index is 12.1. The van der Waals surface area contributed by atoms with Crippen LogP contribution in [-0.2, 0) is 25.6 Å². The zero-order chi connectivity index (χ0) is 21.3. The number of carbonyl (C=O) groups excluding carboxylic acids is 1. The first-order chi connectivity index (χ1) is 13.9. The molecular weight excluding hydrogens is 398 g/mol. The maximum absolute atomic E-state index is 12.1. The van der Waals surface area contributed by atoms with E-state index in [-0.39, 0.29) is 19.0 Å². The van der Waals surface area contributed by atoms with E-state index in [9.17, 15) is 9.90 Å². The number of rotatable bonds is 6. The Morgan fingerprint density at radius 2 is 2.17 bits per heavy atom. The predicted octanol–water partition coefficient (Wildman–Crippen LogP) is 0.871. The second kappa shape index (κ2) is 11.0. The van der Waals surface area contributed by atoms with Crippen LogP contribution in [0.1, 0.15) is 38.1 Å². The van der Waals surface area contributed by atoms with Gasteiger partial charge < -0.3 is 25.0 Å². The summed E-state index contributed by atoms with van der Waals surface area (Å²) in [6.07, 6.45) is 3.18. The molecule has 1 spiro atoms. The van der Waals surface area contributed by atoms with Crippen LogP contribution < -0.4 is 5.32 Å². The van der Waals surface area contributed by atoms with Crippen LogP contribution in [-0.4, -0.2) is 82.6 Å². The summed E-state index contributed by atoms with van der Waals surface area (Å²) in [5.74, 6) is -0.188. The molecule has 3 heterocycles. The number of aromatic nitrogens is 1. The third-order valence-electron chi connectivity index (χ3n) is 5.52. The first-order valence-corrected chi connectivity index (χ1v) is 10.7. The molecule has 29 heavy (non-hydrogen) atoms. The van der Waals surface area contributed by atoms with Gasteiger partial charge in [0.15, 0.2) is 0 Å². The van der Waals surface area contributed by atoms with Crippen molar-refractivity contribution in [2.45, 2.75) is 56.9 Å². The van der Waals surface area contributed by atoms with Crippen LogP contribution in [0.25, 0.3) is 0 Å². The zero-order valence-corrected chi connectivity index (χ0v) is 17.8. The molecular formula is C19H31N3O6S. The number of aliphatic hydroxyl groups excluding tert-OH is 1. The van der Waals surface area contributed by atoms with Gasteiger partial charge in [-0.15, -0.1) is 11.3 Å². The predicted molar refractivity (Wildman–Crippen MR) is 108 cm³/mol. The average Bonchev–Trinajstić information content (AvgIpc) is 3.20. The largest absolute Gasteiger partial charge is 0.483 e. The third kappa shape index (κ3) is 6.19. The van der Waals surface area contributed by atoms with Gasteiger partial charge in [0, 0.05) is 37.9 Å². The van der Waals surface area contributed by atoms with Crippen molar-refractivity contribution in [3.63, 3.8) is 0 Å². The minimum Gasteiger partial charge on any atom is -0.483 e. The minimum absolute atomic E-state index is 0.0221. The second-order valence-corrected chi connectivity index (χ2v) is 8.46. The summed E-state index contributed by atoms with van der Waals surface area (Å²) < 4.78 is 11.3. The van der Waals surface area contributed by atoms with Crippen molar-refractivity contribution in [2.24, 2.45) is 0 Å². The van der Waals surface area contributed by atoms with Gasteiger partial charge in [0.1, 0.15) is 17.7 Å². The lowest BCUT2D eigenvalue weighted by atomic mass is 9.73. The molecule has 0 unspecified atom stereocenters. The summed E-state index contributed by atoms with van der Waals surface area (Å²) in [4.78, 5) is 27.2. The highest BCUT2D eigenvalue weighted by molar-refractivity contribution is 7.09. The molecule has 10 heteroatoms. The van der Waals surface area contributed by atoms with Crippen molar-refractivity contribution >= 4 is 23.7 Å². The van der Waals surface area contributed by atoms with E-state index >= 15 is 0 Å². The number of thiazole rings is 1. The van der Waals surface area contributed by atoms with Gasteiger partial charge in [0.2, 0.25) is 5.91 Å². The first kappa shape index (κ1) is 23.7. The number of amides is 1. The number of carbonyl (C=O) groups is 2. The molecule has 1 amide bonds. The van der Waals surface area contributed by atoms with E-state index in [0.29, 0.717) is 19.6 Å². The molecule has 3 rings (SSSR count). The summed E-state index contributed by atoms with van der Waals surface area (Å²) >= 11 is 1.66. The van der Waals surface area contributed by atoms with Gasteiger partial charge in [-0.2, -0.15) is 0 Å². The van der Waals surface area contributed by atoms with Gasteiger partial charge in [-0.25, -0.2) is 4.98 Å². The number of nitrogens with zero attached hydrogens (tertiary/aromatic N) is 2. The van der Waals surface area contributed by atoms with Crippen molar-refractivity contribution < 1.29 is 29.3 Å². The average molecular weight is 430 g/mol. The van der Waals surface area contributed by atoms with Gasteiger partial charge in [0.25, 0.3) is 6.47 Å². The summed E-state index contributed by atoms with van der Waals surface area (Å²) in [5.41, 5.74) is -1.28. The van der Waals surface area contributed by atoms with Gasteiger partial charge >= 0.3 is 0 Å². The van der Waals surface area contributed by atoms with Crippen LogP contribution in [0.5, 0.6) is 0 Å². The number of likely N-dealkylation sites (tertiary alicyclic amines) is 1. The SMILES string of the molecule is CCOCC(=O)N[C@]1(C)CCOC2(CCN(Cc3nccs3)CC2)[C@H]1O.O=CO. The zero-order valence-electron chi connectivity index (χ0n) is 17.0. The fourth-order valence-corrected chi connectivity index (χ4v) is 4.63. The van der Waals surface area contributed by atoms with Gasteiger partial charge in [0.05, 0.1) is 17.7 Å². The molecule has 2 atom stereocenters. The molecule has 2 saturated heterocycles. The standard InChI is InChI=1S/C18H29N3O4S.CH2O2/c1-3-24-13-14(22)20-17(2)6-10-25-18(16(17)23)4-8-21(9-5-18)12-15-19-7-11-26-15;2-1-3/h7,11,16,23H,3-6,8-10,12-13H2,1-2H3,(H,20,22);1H,(H,2,3)/t16-,17+;/m0./s1. The van der Waals surface area contributed by atoms with Crippen LogP contribution >= 0.6 is 11.3 Å². The molecule has 9 nitrogen and oxygen atoms in total. The monoisotopic (exact) mass is 429 g/mol. The highest BCUT2D eigenvalue weighted by atomic mass is 32.1. The van der Waals surface area contributed by atoms with Gasteiger partial charge in [-0.05, 0) is 33.1 Å². The summed E-state index contributed by atoms with van der Waals surface area (Å²) in [5, 5.41) is 24.1. The van der Waals surface area contributed by atoms with Crippen molar-refractivity contribution in [2.75, 3.05) is 32.9 Å². The number of ether oxygens (including phenoxy) is 2. The number of piperidine rings is 1. The lowest BCUT2D eigenvalue weighted by Crippen LogP contribution is -2.69. The van der Waals surface area contributed by atoms with Crippen molar-refractivity contribution in [1.82, 2.24) is 15.2 Å². The van der Waals surface area contributed by atoms with E-state index in [1.54, 1.807) is 11.3 Å². The molecule has 2 aliphatic rings. The van der Waals surface area contributed by atoms with E-state index in [2.05, 4.69) is 15.2 Å². The lowest BCUT2D eigenvalue weighted by Gasteiger charge is -2.53. The topological polar surface area (TPSA) is 121 Å². The van der Waals surface area contributed by atoms with Crippen LogP contribution in [0.3, 0.4) is 0 Å².